The Morgan fingerprint density at radius 3 is 2.85 bits per heavy atom. The smallest absolute Gasteiger partial charge is 0.234 e. The Hall–Kier alpha value is -2.09. The Morgan fingerprint density at radius 2 is 2.20 bits per heavy atom. The van der Waals surface area contributed by atoms with E-state index in [-0.39, 0.29) is 17.3 Å². The summed E-state index contributed by atoms with van der Waals surface area (Å²) in [5.41, 5.74) is 0.154. The standard InChI is InChI=1S/C12H14FN5OS/c1-2-10-16-17-12(18(10)14)20-7-11(19)15-9-6-4-3-5-8(9)13/h3-6H,2,7,14H2,1H3,(H,15,19). The van der Waals surface area contributed by atoms with Gasteiger partial charge in [-0.2, -0.15) is 0 Å². The largest absolute Gasteiger partial charge is 0.336 e. The number of aromatic nitrogens is 3. The van der Waals surface area contributed by atoms with Crippen LogP contribution < -0.4 is 11.2 Å². The van der Waals surface area contributed by atoms with Crippen molar-refractivity contribution in [3.8, 4) is 0 Å². The topological polar surface area (TPSA) is 85.8 Å². The molecule has 0 saturated carbocycles. The third-order valence-electron chi connectivity index (χ3n) is 2.53. The highest BCUT2D eigenvalue weighted by Crippen LogP contribution is 2.16. The van der Waals surface area contributed by atoms with Gasteiger partial charge in [0.25, 0.3) is 0 Å². The lowest BCUT2D eigenvalue weighted by molar-refractivity contribution is -0.113. The molecule has 0 fully saturated rings. The average Bonchev–Trinajstić information content (AvgIpc) is 2.79. The molecule has 1 heterocycles. The van der Waals surface area contributed by atoms with Gasteiger partial charge in [0.15, 0.2) is 5.82 Å². The summed E-state index contributed by atoms with van der Waals surface area (Å²) < 4.78 is 14.7. The summed E-state index contributed by atoms with van der Waals surface area (Å²) in [5.74, 6) is 5.67. The van der Waals surface area contributed by atoms with Crippen molar-refractivity contribution in [2.75, 3.05) is 16.9 Å². The molecule has 0 unspecified atom stereocenters. The Labute approximate surface area is 119 Å². The van der Waals surface area contributed by atoms with Gasteiger partial charge in [0.1, 0.15) is 5.82 Å². The van der Waals surface area contributed by atoms with Crippen LogP contribution in [0.5, 0.6) is 0 Å². The molecule has 1 aromatic heterocycles. The number of para-hydroxylation sites is 1. The summed E-state index contributed by atoms with van der Waals surface area (Å²) in [6, 6.07) is 5.99. The monoisotopic (exact) mass is 295 g/mol. The van der Waals surface area contributed by atoms with E-state index in [1.54, 1.807) is 12.1 Å². The van der Waals surface area contributed by atoms with Crippen LogP contribution >= 0.6 is 11.8 Å². The number of amides is 1. The van der Waals surface area contributed by atoms with E-state index >= 15 is 0 Å². The zero-order valence-electron chi connectivity index (χ0n) is 10.8. The van der Waals surface area contributed by atoms with E-state index < -0.39 is 5.82 Å². The van der Waals surface area contributed by atoms with Crippen molar-refractivity contribution in [1.29, 1.82) is 0 Å². The number of benzene rings is 1. The van der Waals surface area contributed by atoms with Gasteiger partial charge in [0.2, 0.25) is 11.1 Å². The summed E-state index contributed by atoms with van der Waals surface area (Å²) >= 11 is 1.15. The second-order valence-corrected chi connectivity index (χ2v) is 4.88. The van der Waals surface area contributed by atoms with Gasteiger partial charge in [0, 0.05) is 6.42 Å². The quantitative estimate of drug-likeness (QED) is 0.643. The van der Waals surface area contributed by atoms with Gasteiger partial charge in [-0.3, -0.25) is 4.79 Å². The number of anilines is 1. The summed E-state index contributed by atoms with van der Waals surface area (Å²) in [6.07, 6.45) is 0.658. The number of halogens is 1. The number of nitrogens with two attached hydrogens (primary N) is 1. The molecule has 0 atom stereocenters. The molecule has 3 N–H and O–H groups in total. The van der Waals surface area contributed by atoms with Crippen molar-refractivity contribution in [3.63, 3.8) is 0 Å². The lowest BCUT2D eigenvalue weighted by Crippen LogP contribution is -2.17. The van der Waals surface area contributed by atoms with Crippen molar-refractivity contribution in [2.24, 2.45) is 0 Å². The van der Waals surface area contributed by atoms with Crippen LogP contribution in [0.15, 0.2) is 29.4 Å². The minimum Gasteiger partial charge on any atom is -0.336 e. The minimum atomic E-state index is -0.471. The highest BCUT2D eigenvalue weighted by molar-refractivity contribution is 7.99. The van der Waals surface area contributed by atoms with E-state index in [0.717, 1.165) is 11.8 Å². The number of aryl methyl sites for hydroxylation is 1. The molecular formula is C12H14FN5OS. The fourth-order valence-electron chi connectivity index (χ4n) is 1.53. The van der Waals surface area contributed by atoms with Gasteiger partial charge >= 0.3 is 0 Å². The molecule has 1 amide bonds. The molecule has 2 aromatic rings. The molecule has 20 heavy (non-hydrogen) atoms. The SMILES string of the molecule is CCc1nnc(SCC(=O)Nc2ccccc2F)n1N. The second-order valence-electron chi connectivity index (χ2n) is 3.94. The second kappa shape index (κ2) is 6.38. The molecule has 6 nitrogen and oxygen atoms in total. The summed E-state index contributed by atoms with van der Waals surface area (Å²) in [6.45, 7) is 1.91. The Bertz CT molecular complexity index is 616. The fourth-order valence-corrected chi connectivity index (χ4v) is 2.20. The zero-order chi connectivity index (χ0) is 14.5. The number of nitrogens with zero attached hydrogens (tertiary/aromatic N) is 3. The van der Waals surface area contributed by atoms with Gasteiger partial charge < -0.3 is 11.2 Å². The molecule has 0 aliphatic carbocycles. The first kappa shape index (κ1) is 14.3. The average molecular weight is 295 g/mol. The van der Waals surface area contributed by atoms with Crippen LogP contribution in [0.1, 0.15) is 12.7 Å². The predicted octanol–water partition coefficient (Wildman–Crippen LogP) is 1.42. The highest BCUT2D eigenvalue weighted by atomic mass is 32.2. The van der Waals surface area contributed by atoms with Crippen LogP contribution in [-0.2, 0) is 11.2 Å². The van der Waals surface area contributed by atoms with Gasteiger partial charge in [-0.15, -0.1) is 10.2 Å². The van der Waals surface area contributed by atoms with Crippen LogP contribution in [0.2, 0.25) is 0 Å². The lowest BCUT2D eigenvalue weighted by atomic mass is 10.3. The molecule has 0 bridgehead atoms. The van der Waals surface area contributed by atoms with Crippen LogP contribution in [0.25, 0.3) is 0 Å². The minimum absolute atomic E-state index is 0.0768. The Kier molecular flexibility index (Phi) is 4.57. The first-order chi connectivity index (χ1) is 9.61. The first-order valence-electron chi connectivity index (χ1n) is 5.98. The number of carbonyl (C=O) groups is 1. The van der Waals surface area contributed by atoms with Crippen molar-refractivity contribution in [2.45, 2.75) is 18.5 Å². The van der Waals surface area contributed by atoms with Crippen LogP contribution in [-0.4, -0.2) is 26.5 Å². The Morgan fingerprint density at radius 1 is 1.45 bits per heavy atom. The third kappa shape index (κ3) is 3.27. The molecule has 0 radical (unpaired) electrons. The molecule has 0 saturated heterocycles. The number of nitrogens with one attached hydrogen (secondary N) is 1. The van der Waals surface area contributed by atoms with E-state index in [1.807, 2.05) is 6.92 Å². The maximum atomic E-state index is 13.4. The zero-order valence-corrected chi connectivity index (χ0v) is 11.7. The molecule has 2 rings (SSSR count). The fraction of sp³-hybridized carbons (Fsp3) is 0.250. The summed E-state index contributed by atoms with van der Waals surface area (Å²) in [4.78, 5) is 11.7. The van der Waals surface area contributed by atoms with Crippen LogP contribution in [0, 0.1) is 5.82 Å². The molecule has 0 spiro atoms. The molecule has 1 aromatic carbocycles. The van der Waals surface area contributed by atoms with E-state index in [1.165, 1.54) is 16.8 Å². The third-order valence-corrected chi connectivity index (χ3v) is 3.47. The maximum absolute atomic E-state index is 13.4. The van der Waals surface area contributed by atoms with E-state index in [9.17, 15) is 9.18 Å². The molecule has 8 heteroatoms. The van der Waals surface area contributed by atoms with E-state index in [2.05, 4.69) is 15.5 Å². The van der Waals surface area contributed by atoms with Crippen molar-refractivity contribution >= 4 is 23.4 Å². The number of hydrogen-bond acceptors (Lipinski definition) is 5. The number of nitrogen functional groups attached to an aromatic ring is 1. The maximum Gasteiger partial charge on any atom is 0.234 e. The predicted molar refractivity (Wildman–Crippen MR) is 75.3 cm³/mol. The van der Waals surface area contributed by atoms with Gasteiger partial charge in [-0.05, 0) is 12.1 Å². The van der Waals surface area contributed by atoms with E-state index in [4.69, 9.17) is 5.84 Å². The van der Waals surface area contributed by atoms with Gasteiger partial charge in [-0.1, -0.05) is 30.8 Å². The molecule has 106 valence electrons. The van der Waals surface area contributed by atoms with Gasteiger partial charge in [-0.25, -0.2) is 9.07 Å². The van der Waals surface area contributed by atoms with Crippen LogP contribution in [0.3, 0.4) is 0 Å². The lowest BCUT2D eigenvalue weighted by Gasteiger charge is -2.05. The van der Waals surface area contributed by atoms with Crippen molar-refractivity contribution in [1.82, 2.24) is 14.9 Å². The first-order valence-corrected chi connectivity index (χ1v) is 6.97. The van der Waals surface area contributed by atoms with Crippen LogP contribution in [0.4, 0.5) is 10.1 Å². The van der Waals surface area contributed by atoms with Crippen molar-refractivity contribution in [3.05, 3.63) is 35.9 Å². The van der Waals surface area contributed by atoms with Gasteiger partial charge in [0.05, 0.1) is 11.4 Å². The molecule has 0 aliphatic heterocycles. The summed E-state index contributed by atoms with van der Waals surface area (Å²) in [7, 11) is 0. The molecular weight excluding hydrogens is 281 g/mol. The normalized spacial score (nSPS) is 10.5. The Balaban J connectivity index is 1.92. The summed E-state index contributed by atoms with van der Waals surface area (Å²) in [5, 5.41) is 10.7. The van der Waals surface area contributed by atoms with E-state index in [0.29, 0.717) is 17.4 Å². The number of thioether (sulfide) groups is 1. The number of hydrogen-bond donors (Lipinski definition) is 2. The van der Waals surface area contributed by atoms with Crippen molar-refractivity contribution < 1.29 is 9.18 Å². The number of rotatable bonds is 5. The molecule has 0 aliphatic rings. The number of carbonyl (C=O) groups excluding carboxylic acids is 1. The highest BCUT2D eigenvalue weighted by Gasteiger charge is 2.12.